The summed E-state index contributed by atoms with van der Waals surface area (Å²) in [6.45, 7) is 4.03. The molecule has 1 amide bonds. The lowest BCUT2D eigenvalue weighted by atomic mass is 9.79. The Bertz CT molecular complexity index is 701. The van der Waals surface area contributed by atoms with Gasteiger partial charge in [0.2, 0.25) is 5.91 Å². The summed E-state index contributed by atoms with van der Waals surface area (Å²) in [6, 6.07) is 5.73. The predicted octanol–water partition coefficient (Wildman–Crippen LogP) is 2.81. The van der Waals surface area contributed by atoms with E-state index in [0.717, 1.165) is 16.0 Å². The topological polar surface area (TPSA) is 86.5 Å². The van der Waals surface area contributed by atoms with Crippen LogP contribution in [0, 0.1) is 5.41 Å². The Balaban J connectivity index is 0.00000208. The van der Waals surface area contributed by atoms with Gasteiger partial charge in [-0.3, -0.25) is 4.79 Å². The summed E-state index contributed by atoms with van der Waals surface area (Å²) in [7, 11) is 0. The maximum Gasteiger partial charge on any atom is 0.233 e. The van der Waals surface area contributed by atoms with E-state index in [1.165, 1.54) is 11.3 Å². The van der Waals surface area contributed by atoms with Crippen LogP contribution in [0.25, 0.3) is 10.2 Å². The number of carbonyl (C=O) groups excluding carboxylic acids is 1. The third-order valence-corrected chi connectivity index (χ3v) is 5.15. The van der Waals surface area contributed by atoms with Gasteiger partial charge in [0.25, 0.3) is 0 Å². The van der Waals surface area contributed by atoms with Crippen LogP contribution in [0.15, 0.2) is 18.2 Å². The number of ether oxygens (including phenoxy) is 2. The number of amides is 1. The first kappa shape index (κ1) is 18.9. The average Bonchev–Trinajstić information content (AvgIpc) is 2.97. The van der Waals surface area contributed by atoms with Crippen molar-refractivity contribution < 1.29 is 14.3 Å². The standard InChI is InChI=1S/C16H21N3O3S.ClH/c1-2-22-11-3-4-12-13(9-11)23-15(18-12)19-14(20)16(10-17)5-7-21-8-6-16;/h3-4,9H,2,5-8,10,17H2,1H3,(H,18,19,20);1H. The number of nitrogens with two attached hydrogens (primary N) is 1. The normalized spacial score (nSPS) is 16.4. The molecule has 132 valence electrons. The molecule has 3 N–H and O–H groups in total. The second-order valence-electron chi connectivity index (χ2n) is 5.63. The predicted molar refractivity (Wildman–Crippen MR) is 98.2 cm³/mol. The highest BCUT2D eigenvalue weighted by Crippen LogP contribution is 2.33. The van der Waals surface area contributed by atoms with Crippen LogP contribution in [0.5, 0.6) is 5.75 Å². The highest BCUT2D eigenvalue weighted by molar-refractivity contribution is 7.22. The first-order valence-electron chi connectivity index (χ1n) is 7.79. The van der Waals surface area contributed by atoms with Gasteiger partial charge in [-0.25, -0.2) is 4.98 Å². The van der Waals surface area contributed by atoms with Crippen LogP contribution in [0.3, 0.4) is 0 Å². The molecular formula is C16H22ClN3O3S. The summed E-state index contributed by atoms with van der Waals surface area (Å²) < 4.78 is 11.8. The summed E-state index contributed by atoms with van der Waals surface area (Å²) in [5.74, 6) is 0.747. The van der Waals surface area contributed by atoms with Gasteiger partial charge in [0.05, 0.1) is 22.2 Å². The van der Waals surface area contributed by atoms with Crippen LogP contribution in [0.4, 0.5) is 5.13 Å². The van der Waals surface area contributed by atoms with E-state index in [9.17, 15) is 4.79 Å². The minimum Gasteiger partial charge on any atom is -0.494 e. The fraction of sp³-hybridized carbons (Fsp3) is 0.500. The molecule has 0 aliphatic carbocycles. The van der Waals surface area contributed by atoms with Crippen molar-refractivity contribution in [2.75, 3.05) is 31.7 Å². The van der Waals surface area contributed by atoms with Crippen molar-refractivity contribution in [2.45, 2.75) is 19.8 Å². The molecule has 0 unspecified atom stereocenters. The van der Waals surface area contributed by atoms with Crippen LogP contribution < -0.4 is 15.8 Å². The highest BCUT2D eigenvalue weighted by Gasteiger charge is 2.39. The molecule has 0 spiro atoms. The van der Waals surface area contributed by atoms with Gasteiger partial charge in [-0.1, -0.05) is 11.3 Å². The van der Waals surface area contributed by atoms with Gasteiger partial charge >= 0.3 is 0 Å². The second kappa shape index (κ2) is 8.11. The Kier molecular flexibility index (Phi) is 6.40. The van der Waals surface area contributed by atoms with Crippen molar-refractivity contribution in [3.63, 3.8) is 0 Å². The summed E-state index contributed by atoms with van der Waals surface area (Å²) in [6.07, 6.45) is 1.30. The van der Waals surface area contributed by atoms with E-state index in [1.807, 2.05) is 25.1 Å². The van der Waals surface area contributed by atoms with Gasteiger partial charge in [0.1, 0.15) is 5.75 Å². The minimum atomic E-state index is -0.549. The third-order valence-electron chi connectivity index (χ3n) is 4.21. The number of aromatic nitrogens is 1. The first-order valence-corrected chi connectivity index (χ1v) is 8.61. The number of nitrogens with zero attached hydrogens (tertiary/aromatic N) is 1. The molecule has 0 radical (unpaired) electrons. The molecule has 0 saturated carbocycles. The molecule has 0 atom stereocenters. The molecule has 1 saturated heterocycles. The van der Waals surface area contributed by atoms with E-state index in [0.29, 0.717) is 44.3 Å². The van der Waals surface area contributed by atoms with Gasteiger partial charge in [-0.2, -0.15) is 0 Å². The van der Waals surface area contributed by atoms with Gasteiger partial charge in [-0.05, 0) is 38.0 Å². The van der Waals surface area contributed by atoms with E-state index in [-0.39, 0.29) is 18.3 Å². The number of hydrogen-bond acceptors (Lipinski definition) is 6. The summed E-state index contributed by atoms with van der Waals surface area (Å²) in [5.41, 5.74) is 6.17. The lowest BCUT2D eigenvalue weighted by Gasteiger charge is -2.34. The smallest absolute Gasteiger partial charge is 0.233 e. The van der Waals surface area contributed by atoms with Crippen molar-refractivity contribution in [3.05, 3.63) is 18.2 Å². The minimum absolute atomic E-state index is 0. The number of fused-ring (bicyclic) bond motifs is 1. The molecule has 1 aliphatic rings. The molecule has 1 aromatic heterocycles. The fourth-order valence-electron chi connectivity index (χ4n) is 2.73. The average molecular weight is 372 g/mol. The molecule has 6 nitrogen and oxygen atoms in total. The molecule has 1 fully saturated rings. The summed E-state index contributed by atoms with van der Waals surface area (Å²) >= 11 is 1.44. The number of hydrogen-bond donors (Lipinski definition) is 2. The molecule has 1 aliphatic heterocycles. The second-order valence-corrected chi connectivity index (χ2v) is 6.66. The Morgan fingerprint density at radius 3 is 2.88 bits per heavy atom. The monoisotopic (exact) mass is 371 g/mol. The first-order chi connectivity index (χ1) is 11.2. The Morgan fingerprint density at radius 2 is 2.21 bits per heavy atom. The van der Waals surface area contributed by atoms with Crippen LogP contribution in [-0.2, 0) is 9.53 Å². The zero-order valence-corrected chi connectivity index (χ0v) is 15.2. The number of nitrogens with one attached hydrogen (secondary N) is 1. The van der Waals surface area contributed by atoms with Gasteiger partial charge < -0.3 is 20.5 Å². The number of thiazole rings is 1. The molecule has 8 heteroatoms. The zero-order chi connectivity index (χ0) is 16.3. The number of rotatable bonds is 5. The van der Waals surface area contributed by atoms with E-state index in [2.05, 4.69) is 10.3 Å². The lowest BCUT2D eigenvalue weighted by Crippen LogP contribution is -2.46. The van der Waals surface area contributed by atoms with E-state index in [4.69, 9.17) is 15.2 Å². The zero-order valence-electron chi connectivity index (χ0n) is 13.5. The highest BCUT2D eigenvalue weighted by atomic mass is 35.5. The van der Waals surface area contributed by atoms with E-state index in [1.54, 1.807) is 0 Å². The summed E-state index contributed by atoms with van der Waals surface area (Å²) in [4.78, 5) is 17.1. The number of carbonyl (C=O) groups is 1. The SMILES string of the molecule is CCOc1ccc2nc(NC(=O)C3(CN)CCOCC3)sc2c1.Cl. The molecular weight excluding hydrogens is 350 g/mol. The molecule has 3 rings (SSSR count). The van der Waals surface area contributed by atoms with Crippen LogP contribution in [0.1, 0.15) is 19.8 Å². The van der Waals surface area contributed by atoms with Crippen molar-refractivity contribution in [1.82, 2.24) is 4.98 Å². The maximum absolute atomic E-state index is 12.7. The van der Waals surface area contributed by atoms with Crippen molar-refractivity contribution >= 4 is 45.0 Å². The molecule has 2 aromatic rings. The van der Waals surface area contributed by atoms with Crippen LogP contribution in [0.2, 0.25) is 0 Å². The molecule has 1 aromatic carbocycles. The number of anilines is 1. The largest absolute Gasteiger partial charge is 0.494 e. The lowest BCUT2D eigenvalue weighted by molar-refractivity contribution is -0.130. The molecule has 0 bridgehead atoms. The van der Waals surface area contributed by atoms with Crippen molar-refractivity contribution in [3.8, 4) is 5.75 Å². The number of benzene rings is 1. The van der Waals surface area contributed by atoms with Gasteiger partial charge in [0.15, 0.2) is 5.13 Å². The summed E-state index contributed by atoms with van der Waals surface area (Å²) in [5, 5.41) is 3.53. The fourth-order valence-corrected chi connectivity index (χ4v) is 3.62. The van der Waals surface area contributed by atoms with Gasteiger partial charge in [0, 0.05) is 19.8 Å². The van der Waals surface area contributed by atoms with Crippen LogP contribution in [-0.4, -0.2) is 37.3 Å². The maximum atomic E-state index is 12.7. The van der Waals surface area contributed by atoms with Gasteiger partial charge in [-0.15, -0.1) is 12.4 Å². The van der Waals surface area contributed by atoms with E-state index >= 15 is 0 Å². The third kappa shape index (κ3) is 3.80. The Morgan fingerprint density at radius 1 is 1.46 bits per heavy atom. The number of halogens is 1. The van der Waals surface area contributed by atoms with Crippen molar-refractivity contribution in [2.24, 2.45) is 11.1 Å². The Labute approximate surface area is 151 Å². The Hall–Kier alpha value is -1.41. The quantitative estimate of drug-likeness (QED) is 0.843. The van der Waals surface area contributed by atoms with Crippen molar-refractivity contribution in [1.29, 1.82) is 0 Å². The molecule has 2 heterocycles. The van der Waals surface area contributed by atoms with Crippen LogP contribution >= 0.6 is 23.7 Å². The molecule has 24 heavy (non-hydrogen) atoms. The van der Waals surface area contributed by atoms with E-state index < -0.39 is 5.41 Å².